The van der Waals surface area contributed by atoms with Crippen molar-refractivity contribution in [1.82, 2.24) is 4.90 Å². The molecule has 1 fully saturated rings. The molecule has 2 unspecified atom stereocenters. The van der Waals surface area contributed by atoms with Gasteiger partial charge in [-0.05, 0) is 47.3 Å². The number of nitrogens with two attached hydrogens (primary N) is 2. The maximum atomic E-state index is 11.3. The standard InChI is InChI=1S/C14H20BrN3O/c1-9-5-6-11(14(17)19)8-18(9)7-10-3-2-4-12(16)13(10)15/h2-4,9,11H,5-8,16H2,1H3,(H2,17,19). The van der Waals surface area contributed by atoms with Crippen LogP contribution in [0.15, 0.2) is 22.7 Å². The molecular weight excluding hydrogens is 306 g/mol. The highest BCUT2D eigenvalue weighted by molar-refractivity contribution is 9.10. The summed E-state index contributed by atoms with van der Waals surface area (Å²) in [6.07, 6.45) is 1.90. The maximum Gasteiger partial charge on any atom is 0.221 e. The van der Waals surface area contributed by atoms with E-state index in [2.05, 4.69) is 33.8 Å². The van der Waals surface area contributed by atoms with Crippen molar-refractivity contribution in [2.75, 3.05) is 12.3 Å². The normalized spacial score (nSPS) is 24.3. The molecule has 1 heterocycles. The van der Waals surface area contributed by atoms with Crippen molar-refractivity contribution in [2.24, 2.45) is 11.7 Å². The number of nitrogen functional groups attached to an aromatic ring is 1. The molecule has 1 aromatic rings. The lowest BCUT2D eigenvalue weighted by Crippen LogP contribution is -2.45. The van der Waals surface area contributed by atoms with E-state index in [0.717, 1.165) is 41.7 Å². The first-order chi connectivity index (χ1) is 8.99. The lowest BCUT2D eigenvalue weighted by atomic mass is 9.92. The third-order valence-electron chi connectivity index (χ3n) is 3.90. The highest BCUT2D eigenvalue weighted by Gasteiger charge is 2.28. The third kappa shape index (κ3) is 3.28. The second kappa shape index (κ2) is 5.92. The van der Waals surface area contributed by atoms with Gasteiger partial charge in [-0.3, -0.25) is 9.69 Å². The minimum absolute atomic E-state index is 0.0314. The Kier molecular flexibility index (Phi) is 4.47. The van der Waals surface area contributed by atoms with Crippen LogP contribution in [0.1, 0.15) is 25.3 Å². The summed E-state index contributed by atoms with van der Waals surface area (Å²) in [5.74, 6) is -0.223. The smallest absolute Gasteiger partial charge is 0.221 e. The van der Waals surface area contributed by atoms with Crippen molar-refractivity contribution >= 4 is 27.5 Å². The van der Waals surface area contributed by atoms with Crippen LogP contribution in [0.2, 0.25) is 0 Å². The fourth-order valence-corrected chi connectivity index (χ4v) is 2.96. The molecule has 2 atom stereocenters. The molecule has 0 aromatic heterocycles. The van der Waals surface area contributed by atoms with Gasteiger partial charge in [0.25, 0.3) is 0 Å². The van der Waals surface area contributed by atoms with E-state index in [0.29, 0.717) is 6.04 Å². The molecule has 1 aliphatic heterocycles. The fourth-order valence-electron chi connectivity index (χ4n) is 2.57. The van der Waals surface area contributed by atoms with Gasteiger partial charge in [-0.2, -0.15) is 0 Å². The van der Waals surface area contributed by atoms with Crippen molar-refractivity contribution in [3.8, 4) is 0 Å². The van der Waals surface area contributed by atoms with Gasteiger partial charge in [-0.25, -0.2) is 0 Å². The average molecular weight is 326 g/mol. The van der Waals surface area contributed by atoms with Crippen LogP contribution in [0.4, 0.5) is 5.69 Å². The van der Waals surface area contributed by atoms with Crippen molar-refractivity contribution in [3.63, 3.8) is 0 Å². The molecule has 0 aliphatic carbocycles. The predicted molar refractivity (Wildman–Crippen MR) is 80.3 cm³/mol. The molecule has 1 aliphatic rings. The molecule has 0 bridgehead atoms. The largest absolute Gasteiger partial charge is 0.398 e. The van der Waals surface area contributed by atoms with Gasteiger partial charge in [0, 0.05) is 29.3 Å². The topological polar surface area (TPSA) is 72.4 Å². The summed E-state index contributed by atoms with van der Waals surface area (Å²) in [5.41, 5.74) is 13.2. The van der Waals surface area contributed by atoms with E-state index in [4.69, 9.17) is 11.5 Å². The van der Waals surface area contributed by atoms with E-state index in [-0.39, 0.29) is 11.8 Å². The first-order valence-corrected chi connectivity index (χ1v) is 7.34. The highest BCUT2D eigenvalue weighted by Crippen LogP contribution is 2.28. The van der Waals surface area contributed by atoms with Gasteiger partial charge in [0.2, 0.25) is 5.91 Å². The second-order valence-electron chi connectivity index (χ2n) is 5.28. The van der Waals surface area contributed by atoms with Crippen LogP contribution in [-0.2, 0) is 11.3 Å². The molecule has 2 rings (SSSR count). The predicted octanol–water partition coefficient (Wildman–Crippen LogP) is 2.12. The zero-order valence-corrected chi connectivity index (χ0v) is 12.7. The molecule has 4 N–H and O–H groups in total. The second-order valence-corrected chi connectivity index (χ2v) is 6.07. The number of hydrogen-bond donors (Lipinski definition) is 2. The summed E-state index contributed by atoms with van der Waals surface area (Å²) in [5, 5.41) is 0. The van der Waals surface area contributed by atoms with Gasteiger partial charge in [-0.1, -0.05) is 12.1 Å². The van der Waals surface area contributed by atoms with Crippen LogP contribution in [0, 0.1) is 5.92 Å². The molecule has 19 heavy (non-hydrogen) atoms. The first kappa shape index (κ1) is 14.3. The number of halogens is 1. The lowest BCUT2D eigenvalue weighted by Gasteiger charge is -2.37. The van der Waals surface area contributed by atoms with Gasteiger partial charge in [0.05, 0.1) is 5.92 Å². The Hall–Kier alpha value is -1.07. The molecule has 4 nitrogen and oxygen atoms in total. The maximum absolute atomic E-state index is 11.3. The van der Waals surface area contributed by atoms with E-state index in [1.54, 1.807) is 0 Å². The first-order valence-electron chi connectivity index (χ1n) is 6.55. The van der Waals surface area contributed by atoms with E-state index in [9.17, 15) is 4.79 Å². The SMILES string of the molecule is CC1CCC(C(N)=O)CN1Cc1cccc(N)c1Br. The summed E-state index contributed by atoms with van der Waals surface area (Å²) in [4.78, 5) is 13.7. The Morgan fingerprint density at radius 3 is 2.89 bits per heavy atom. The number of likely N-dealkylation sites (tertiary alicyclic amines) is 1. The van der Waals surface area contributed by atoms with Gasteiger partial charge in [0.1, 0.15) is 0 Å². The van der Waals surface area contributed by atoms with Gasteiger partial charge in [-0.15, -0.1) is 0 Å². The molecular formula is C14H20BrN3O. The van der Waals surface area contributed by atoms with Crippen molar-refractivity contribution in [2.45, 2.75) is 32.4 Å². The minimum Gasteiger partial charge on any atom is -0.398 e. The molecule has 0 spiro atoms. The molecule has 1 saturated heterocycles. The number of anilines is 1. The van der Waals surface area contributed by atoms with Crippen molar-refractivity contribution in [3.05, 3.63) is 28.2 Å². The van der Waals surface area contributed by atoms with Crippen LogP contribution >= 0.6 is 15.9 Å². The van der Waals surface area contributed by atoms with Crippen molar-refractivity contribution < 1.29 is 4.79 Å². The van der Waals surface area contributed by atoms with E-state index >= 15 is 0 Å². The third-order valence-corrected chi connectivity index (χ3v) is 4.86. The molecule has 5 heteroatoms. The summed E-state index contributed by atoms with van der Waals surface area (Å²) >= 11 is 3.53. The number of carbonyl (C=O) groups excluding carboxylic acids is 1. The van der Waals surface area contributed by atoms with Crippen LogP contribution in [0.25, 0.3) is 0 Å². The number of piperidine rings is 1. The quantitative estimate of drug-likeness (QED) is 0.836. The number of amides is 1. The number of primary amides is 1. The highest BCUT2D eigenvalue weighted by atomic mass is 79.9. The molecule has 1 amide bonds. The number of benzene rings is 1. The monoisotopic (exact) mass is 325 g/mol. The van der Waals surface area contributed by atoms with Gasteiger partial charge >= 0.3 is 0 Å². The number of rotatable bonds is 3. The molecule has 0 radical (unpaired) electrons. The van der Waals surface area contributed by atoms with Gasteiger partial charge in [0.15, 0.2) is 0 Å². The summed E-state index contributed by atoms with van der Waals surface area (Å²) in [7, 11) is 0. The van der Waals surface area contributed by atoms with E-state index in [1.165, 1.54) is 0 Å². The Balaban J connectivity index is 2.12. The van der Waals surface area contributed by atoms with Crippen molar-refractivity contribution in [1.29, 1.82) is 0 Å². The number of nitrogens with zero attached hydrogens (tertiary/aromatic N) is 1. The molecule has 0 saturated carbocycles. The molecule has 104 valence electrons. The van der Waals surface area contributed by atoms with Crippen LogP contribution < -0.4 is 11.5 Å². The minimum atomic E-state index is -0.191. The Bertz CT molecular complexity index is 478. The summed E-state index contributed by atoms with van der Waals surface area (Å²) < 4.78 is 0.948. The van der Waals surface area contributed by atoms with E-state index in [1.807, 2.05) is 12.1 Å². The number of carbonyl (C=O) groups is 1. The van der Waals surface area contributed by atoms with Crippen LogP contribution in [0.3, 0.4) is 0 Å². The fraction of sp³-hybridized carbons (Fsp3) is 0.500. The average Bonchev–Trinajstić information content (AvgIpc) is 2.37. The zero-order valence-electron chi connectivity index (χ0n) is 11.1. The van der Waals surface area contributed by atoms with Gasteiger partial charge < -0.3 is 11.5 Å². The molecule has 1 aromatic carbocycles. The lowest BCUT2D eigenvalue weighted by molar-refractivity contribution is -0.124. The number of hydrogen-bond acceptors (Lipinski definition) is 3. The van der Waals surface area contributed by atoms with E-state index < -0.39 is 0 Å². The Morgan fingerprint density at radius 2 is 2.21 bits per heavy atom. The Labute approximate surface area is 122 Å². The summed E-state index contributed by atoms with van der Waals surface area (Å²) in [6, 6.07) is 6.35. The zero-order chi connectivity index (χ0) is 14.0. The van der Waals surface area contributed by atoms with Crippen LogP contribution in [-0.4, -0.2) is 23.4 Å². The van der Waals surface area contributed by atoms with Crippen LogP contribution in [0.5, 0.6) is 0 Å². The summed E-state index contributed by atoms with van der Waals surface area (Å²) in [6.45, 7) is 3.71. The Morgan fingerprint density at radius 1 is 1.47 bits per heavy atom.